The molecule has 3 amide bonds. The van der Waals surface area contributed by atoms with Gasteiger partial charge in [0.15, 0.2) is 0 Å². The number of nitrogens with one attached hydrogen (secondary N) is 2. The summed E-state index contributed by atoms with van der Waals surface area (Å²) >= 11 is 0. The van der Waals surface area contributed by atoms with Crippen LogP contribution in [-0.2, 0) is 26.0 Å². The second kappa shape index (κ2) is 16.7. The number of carbonyl (C=O) groups excluding carboxylic acids is 2. The van der Waals surface area contributed by atoms with Crippen molar-refractivity contribution in [3.05, 3.63) is 83.9 Å². The van der Waals surface area contributed by atoms with E-state index in [0.717, 1.165) is 43.2 Å². The number of aliphatic hydroxyl groups is 1. The Kier molecular flexibility index (Phi) is 12.7. The van der Waals surface area contributed by atoms with E-state index in [-0.39, 0.29) is 29.8 Å². The summed E-state index contributed by atoms with van der Waals surface area (Å²) in [5.74, 6) is -0.826. The Labute approximate surface area is 287 Å². The van der Waals surface area contributed by atoms with Crippen molar-refractivity contribution < 1.29 is 42.5 Å². The summed E-state index contributed by atoms with van der Waals surface area (Å²) in [6.45, 7) is 4.52. The van der Waals surface area contributed by atoms with E-state index in [2.05, 4.69) is 5.32 Å². The van der Waals surface area contributed by atoms with Gasteiger partial charge in [0.2, 0.25) is 0 Å². The lowest BCUT2D eigenvalue weighted by Gasteiger charge is -2.25. The van der Waals surface area contributed by atoms with Crippen LogP contribution >= 0.6 is 0 Å². The zero-order chi connectivity index (χ0) is 35.6. The minimum atomic E-state index is -4.37. The van der Waals surface area contributed by atoms with Crippen LogP contribution in [0.3, 0.4) is 0 Å². The molecule has 3 aromatic carbocycles. The van der Waals surface area contributed by atoms with Gasteiger partial charge >= 0.3 is 12.2 Å². The number of aliphatic hydroxyl groups excluding tert-OH is 1. The number of benzene rings is 3. The van der Waals surface area contributed by atoms with Gasteiger partial charge < -0.3 is 29.9 Å². The van der Waals surface area contributed by atoms with E-state index in [1.54, 1.807) is 57.2 Å². The lowest BCUT2D eigenvalue weighted by molar-refractivity contribution is -0.118. The fourth-order valence-electron chi connectivity index (χ4n) is 5.45. The van der Waals surface area contributed by atoms with Gasteiger partial charge in [-0.05, 0) is 87.3 Å². The van der Waals surface area contributed by atoms with E-state index in [0.29, 0.717) is 17.5 Å². The van der Waals surface area contributed by atoms with Crippen molar-refractivity contribution in [1.29, 1.82) is 0 Å². The molecule has 13 heteroatoms. The molecule has 0 unspecified atom stereocenters. The highest BCUT2D eigenvalue weighted by molar-refractivity contribution is 7.90. The highest BCUT2D eigenvalue weighted by atomic mass is 32.2. The number of hydrogen-bond donors (Lipinski definition) is 4. The Bertz CT molecular complexity index is 1680. The molecule has 4 N–H and O–H groups in total. The minimum Gasteiger partial charge on any atom is -0.489 e. The van der Waals surface area contributed by atoms with Gasteiger partial charge in [0.25, 0.3) is 15.9 Å². The molecule has 0 bridgehead atoms. The standard InChI is InChI=1S/C36H45N3O9S/c1-36(2,3)48-34(42)37-23-33(41)38-49(45,46)32-19-18-28(22-31(32)47-29-12-8-5-9-13-29)26-16-14-25(15-17-26)20-21-39(35(43)44)24-30(40)27-10-6-4-7-11-27/h4,6-7,10-11,14-19,22,29-30,40H,5,8-9,12-13,20-21,23-24H2,1-3H3,(H,37,42)(H,38,41)(H,43,44)/t30-/m0/s1. The van der Waals surface area contributed by atoms with Crippen LogP contribution in [0, 0.1) is 0 Å². The summed E-state index contributed by atoms with van der Waals surface area (Å²) in [5.41, 5.74) is 2.20. The van der Waals surface area contributed by atoms with Gasteiger partial charge in [0.1, 0.15) is 22.8 Å². The Morgan fingerprint density at radius 3 is 2.22 bits per heavy atom. The summed E-state index contributed by atoms with van der Waals surface area (Å²) in [6.07, 6.45) is 1.89. The average Bonchev–Trinajstić information content (AvgIpc) is 3.05. The number of hydrogen-bond acceptors (Lipinski definition) is 8. The molecule has 3 aromatic rings. The first-order chi connectivity index (χ1) is 23.2. The van der Waals surface area contributed by atoms with Crippen LogP contribution in [0.2, 0.25) is 0 Å². The van der Waals surface area contributed by atoms with Gasteiger partial charge in [-0.15, -0.1) is 0 Å². The first-order valence-electron chi connectivity index (χ1n) is 16.3. The highest BCUT2D eigenvalue weighted by Crippen LogP contribution is 2.33. The second-order valence-electron chi connectivity index (χ2n) is 13.0. The van der Waals surface area contributed by atoms with E-state index in [1.807, 2.05) is 35.1 Å². The molecule has 0 spiro atoms. The monoisotopic (exact) mass is 695 g/mol. The first kappa shape index (κ1) is 37.2. The third-order valence-corrected chi connectivity index (χ3v) is 9.34. The molecular weight excluding hydrogens is 650 g/mol. The molecular formula is C36H45N3O9S. The smallest absolute Gasteiger partial charge is 0.408 e. The molecule has 0 radical (unpaired) electrons. The lowest BCUT2D eigenvalue weighted by Crippen LogP contribution is -2.41. The molecule has 1 aliphatic carbocycles. The lowest BCUT2D eigenvalue weighted by atomic mass is 9.97. The van der Waals surface area contributed by atoms with Crippen LogP contribution in [0.4, 0.5) is 9.59 Å². The van der Waals surface area contributed by atoms with Crippen molar-refractivity contribution in [2.24, 2.45) is 0 Å². The van der Waals surface area contributed by atoms with Crippen molar-refractivity contribution >= 4 is 28.1 Å². The Morgan fingerprint density at radius 2 is 1.59 bits per heavy atom. The Hall–Kier alpha value is -4.62. The van der Waals surface area contributed by atoms with Crippen LogP contribution < -0.4 is 14.8 Å². The fraction of sp³-hybridized carbons (Fsp3) is 0.417. The molecule has 264 valence electrons. The molecule has 0 heterocycles. The zero-order valence-corrected chi connectivity index (χ0v) is 28.9. The zero-order valence-electron chi connectivity index (χ0n) is 28.1. The van der Waals surface area contributed by atoms with E-state index < -0.39 is 46.4 Å². The summed E-state index contributed by atoms with van der Waals surface area (Å²) in [6, 6.07) is 21.0. The van der Waals surface area contributed by atoms with Crippen LogP contribution in [0.15, 0.2) is 77.7 Å². The largest absolute Gasteiger partial charge is 0.489 e. The third-order valence-electron chi connectivity index (χ3n) is 7.93. The van der Waals surface area contributed by atoms with Gasteiger partial charge in [-0.1, -0.05) is 67.1 Å². The van der Waals surface area contributed by atoms with Crippen molar-refractivity contribution in [3.8, 4) is 16.9 Å². The maximum Gasteiger partial charge on any atom is 0.408 e. The van der Waals surface area contributed by atoms with Crippen molar-refractivity contribution in [2.45, 2.75) is 82.0 Å². The van der Waals surface area contributed by atoms with Gasteiger partial charge in [-0.3, -0.25) is 4.79 Å². The number of alkyl carbamates (subject to hydrolysis) is 1. The quantitative estimate of drug-likeness (QED) is 0.176. The Balaban J connectivity index is 1.47. The molecule has 0 aliphatic heterocycles. The van der Waals surface area contributed by atoms with Crippen molar-refractivity contribution in [2.75, 3.05) is 19.6 Å². The number of ether oxygens (including phenoxy) is 2. The molecule has 49 heavy (non-hydrogen) atoms. The Morgan fingerprint density at radius 1 is 0.939 bits per heavy atom. The molecule has 1 fully saturated rings. The van der Waals surface area contributed by atoms with Crippen molar-refractivity contribution in [1.82, 2.24) is 14.9 Å². The van der Waals surface area contributed by atoms with Gasteiger partial charge in [-0.2, -0.15) is 0 Å². The summed E-state index contributed by atoms with van der Waals surface area (Å²) in [7, 11) is -4.37. The summed E-state index contributed by atoms with van der Waals surface area (Å²) in [5, 5.41) is 22.5. The second-order valence-corrected chi connectivity index (χ2v) is 14.7. The summed E-state index contributed by atoms with van der Waals surface area (Å²) < 4.78 is 40.1. The molecule has 4 rings (SSSR count). The SMILES string of the molecule is CC(C)(C)OC(=O)NCC(=O)NS(=O)(=O)c1ccc(-c2ccc(CCN(C[C@H](O)c3ccccc3)C(=O)O)cc2)cc1OC1CCCCC1. The number of rotatable bonds is 13. The number of nitrogens with zero attached hydrogens (tertiary/aromatic N) is 1. The van der Waals surface area contributed by atoms with Crippen molar-refractivity contribution in [3.63, 3.8) is 0 Å². The normalized spacial score (nSPS) is 14.4. The van der Waals surface area contributed by atoms with E-state index in [9.17, 15) is 33.0 Å². The van der Waals surface area contributed by atoms with E-state index in [1.165, 1.54) is 11.0 Å². The molecule has 1 saturated carbocycles. The van der Waals surface area contributed by atoms with Gasteiger partial charge in [0, 0.05) is 6.54 Å². The topological polar surface area (TPSA) is 172 Å². The molecule has 1 aliphatic rings. The van der Waals surface area contributed by atoms with E-state index >= 15 is 0 Å². The molecule has 1 atom stereocenters. The molecule has 0 saturated heterocycles. The predicted octanol–water partition coefficient (Wildman–Crippen LogP) is 5.65. The number of amides is 3. The predicted molar refractivity (Wildman–Crippen MR) is 184 cm³/mol. The summed E-state index contributed by atoms with van der Waals surface area (Å²) in [4.78, 5) is 37.3. The first-order valence-corrected chi connectivity index (χ1v) is 17.8. The van der Waals surface area contributed by atoms with Crippen LogP contribution in [0.25, 0.3) is 11.1 Å². The maximum atomic E-state index is 13.4. The molecule has 0 aromatic heterocycles. The molecule has 12 nitrogen and oxygen atoms in total. The van der Waals surface area contributed by atoms with Crippen LogP contribution in [0.1, 0.15) is 70.1 Å². The third kappa shape index (κ3) is 11.5. The number of carboxylic acid groups (broad SMARTS) is 1. The maximum absolute atomic E-state index is 13.4. The highest BCUT2D eigenvalue weighted by Gasteiger charge is 2.26. The average molecular weight is 696 g/mol. The minimum absolute atomic E-state index is 0.0584. The van der Waals surface area contributed by atoms with Gasteiger partial charge in [-0.25, -0.2) is 22.7 Å². The number of carbonyl (C=O) groups is 3. The van der Waals surface area contributed by atoms with E-state index in [4.69, 9.17) is 9.47 Å². The number of sulfonamides is 1. The van der Waals surface area contributed by atoms with Crippen LogP contribution in [-0.4, -0.2) is 73.0 Å². The van der Waals surface area contributed by atoms with Crippen LogP contribution in [0.5, 0.6) is 5.75 Å². The fourth-order valence-corrected chi connectivity index (χ4v) is 6.56. The van der Waals surface area contributed by atoms with Gasteiger partial charge in [0.05, 0.1) is 18.8 Å².